The van der Waals surface area contributed by atoms with Crippen LogP contribution in [0.3, 0.4) is 0 Å². The number of nitrogens with one attached hydrogen (secondary N) is 1. The zero-order valence-electron chi connectivity index (χ0n) is 9.58. The van der Waals surface area contributed by atoms with Crippen molar-refractivity contribution in [1.29, 1.82) is 0 Å². The van der Waals surface area contributed by atoms with E-state index in [-0.39, 0.29) is 5.60 Å². The molecule has 2 nitrogen and oxygen atoms in total. The highest BCUT2D eigenvalue weighted by Crippen LogP contribution is 2.43. The summed E-state index contributed by atoms with van der Waals surface area (Å²) in [6.45, 7) is 0.971. The van der Waals surface area contributed by atoms with Gasteiger partial charge in [-0.1, -0.05) is 12.8 Å². The minimum absolute atomic E-state index is 0.279. The maximum Gasteiger partial charge on any atom is 0.0756 e. The first-order chi connectivity index (χ1) is 7.86. The van der Waals surface area contributed by atoms with Crippen LogP contribution in [-0.2, 0) is 4.74 Å². The number of thiophene rings is 1. The maximum absolute atomic E-state index is 6.25. The lowest BCUT2D eigenvalue weighted by atomic mass is 9.98. The molecule has 2 aliphatic rings. The Kier molecular flexibility index (Phi) is 2.90. The van der Waals surface area contributed by atoms with Gasteiger partial charge in [0, 0.05) is 17.6 Å². The third-order valence-electron chi connectivity index (χ3n) is 3.91. The van der Waals surface area contributed by atoms with E-state index in [0.717, 1.165) is 6.54 Å². The molecule has 1 atom stereocenters. The quantitative estimate of drug-likeness (QED) is 0.866. The summed E-state index contributed by atoms with van der Waals surface area (Å²) in [5.41, 5.74) is 1.52. The summed E-state index contributed by atoms with van der Waals surface area (Å²) in [7, 11) is 0. The Morgan fingerprint density at radius 2 is 2.25 bits per heavy atom. The van der Waals surface area contributed by atoms with Gasteiger partial charge < -0.3 is 10.1 Å². The average molecular weight is 237 g/mol. The van der Waals surface area contributed by atoms with E-state index in [9.17, 15) is 0 Å². The van der Waals surface area contributed by atoms with Crippen molar-refractivity contribution >= 4 is 17.0 Å². The molecule has 1 aliphatic carbocycles. The van der Waals surface area contributed by atoms with Gasteiger partial charge in [-0.15, -0.1) is 0 Å². The highest BCUT2D eigenvalue weighted by atomic mass is 32.1. The summed E-state index contributed by atoms with van der Waals surface area (Å²) < 4.78 is 6.25. The van der Waals surface area contributed by atoms with Gasteiger partial charge in [0.1, 0.15) is 0 Å². The number of hydrogen-bond acceptors (Lipinski definition) is 3. The molecule has 3 rings (SSSR count). The summed E-state index contributed by atoms with van der Waals surface area (Å²) >= 11 is 1.74. The topological polar surface area (TPSA) is 21.3 Å². The van der Waals surface area contributed by atoms with Crippen molar-refractivity contribution in [2.75, 3.05) is 11.9 Å². The Hall–Kier alpha value is -0.540. The van der Waals surface area contributed by atoms with Crippen molar-refractivity contribution in [3.8, 4) is 0 Å². The molecule has 0 radical (unpaired) electrons. The van der Waals surface area contributed by atoms with E-state index in [1.54, 1.807) is 11.3 Å². The van der Waals surface area contributed by atoms with Crippen LogP contribution < -0.4 is 5.32 Å². The number of rotatable bonds is 3. The van der Waals surface area contributed by atoms with E-state index < -0.39 is 0 Å². The van der Waals surface area contributed by atoms with Gasteiger partial charge in [-0.05, 0) is 37.1 Å². The van der Waals surface area contributed by atoms with Crippen LogP contribution in [0.2, 0.25) is 0 Å². The summed E-state index contributed by atoms with van der Waals surface area (Å²) in [6, 6.07) is 2.13. The molecule has 2 heterocycles. The van der Waals surface area contributed by atoms with Gasteiger partial charge in [-0.25, -0.2) is 0 Å². The molecule has 0 amide bonds. The van der Waals surface area contributed by atoms with Crippen LogP contribution in [0.5, 0.6) is 0 Å². The van der Waals surface area contributed by atoms with E-state index >= 15 is 0 Å². The van der Waals surface area contributed by atoms with Crippen molar-refractivity contribution < 1.29 is 4.74 Å². The largest absolute Gasteiger partial charge is 0.382 e. The smallest absolute Gasteiger partial charge is 0.0756 e. The Morgan fingerprint density at radius 1 is 1.38 bits per heavy atom. The van der Waals surface area contributed by atoms with Crippen molar-refractivity contribution in [2.45, 2.75) is 50.2 Å². The van der Waals surface area contributed by atoms with Crippen molar-refractivity contribution in [3.63, 3.8) is 0 Å². The number of anilines is 1. The molecule has 1 saturated heterocycles. The van der Waals surface area contributed by atoms with Crippen molar-refractivity contribution in [2.24, 2.45) is 0 Å². The average Bonchev–Trinajstić information content (AvgIpc) is 3.01. The molecular weight excluding hydrogens is 218 g/mol. The fraction of sp³-hybridized carbons (Fsp3) is 0.692. The number of hydrogen-bond donors (Lipinski definition) is 1. The van der Waals surface area contributed by atoms with Gasteiger partial charge in [0.05, 0.1) is 11.7 Å². The van der Waals surface area contributed by atoms with Gasteiger partial charge in [0.15, 0.2) is 0 Å². The molecule has 88 valence electrons. The second kappa shape index (κ2) is 4.38. The highest BCUT2D eigenvalue weighted by Gasteiger charge is 2.41. The van der Waals surface area contributed by atoms with Crippen LogP contribution in [0.25, 0.3) is 0 Å². The second-order valence-electron chi connectivity index (χ2n) is 5.06. The van der Waals surface area contributed by atoms with Crippen LogP contribution in [0.4, 0.5) is 5.69 Å². The molecule has 1 spiro atoms. The third kappa shape index (κ3) is 2.11. The van der Waals surface area contributed by atoms with Gasteiger partial charge in [-0.2, -0.15) is 11.3 Å². The zero-order chi connectivity index (χ0) is 10.8. The molecule has 1 aromatic heterocycles. The highest BCUT2D eigenvalue weighted by molar-refractivity contribution is 7.08. The molecule has 3 heteroatoms. The van der Waals surface area contributed by atoms with Crippen molar-refractivity contribution in [1.82, 2.24) is 0 Å². The summed E-state index contributed by atoms with van der Waals surface area (Å²) in [5, 5.41) is 7.72. The van der Waals surface area contributed by atoms with E-state index in [4.69, 9.17) is 4.74 Å². The zero-order valence-corrected chi connectivity index (χ0v) is 10.4. The van der Waals surface area contributed by atoms with Gasteiger partial charge in [0.25, 0.3) is 0 Å². The first kappa shape index (κ1) is 10.6. The van der Waals surface area contributed by atoms with Gasteiger partial charge >= 0.3 is 0 Å². The van der Waals surface area contributed by atoms with Crippen molar-refractivity contribution in [3.05, 3.63) is 16.8 Å². The molecule has 1 saturated carbocycles. The Morgan fingerprint density at radius 3 is 3.00 bits per heavy atom. The normalized spacial score (nSPS) is 27.6. The Balaban J connectivity index is 1.50. The van der Waals surface area contributed by atoms with Crippen LogP contribution >= 0.6 is 11.3 Å². The molecule has 1 aromatic rings. The minimum Gasteiger partial charge on any atom is -0.382 e. The molecule has 2 fully saturated rings. The maximum atomic E-state index is 6.25. The predicted molar refractivity (Wildman–Crippen MR) is 68.1 cm³/mol. The van der Waals surface area contributed by atoms with Crippen LogP contribution in [0.1, 0.15) is 38.5 Å². The SMILES string of the molecule is c1cc(NCC2CCC3(CCCC3)O2)cs1. The van der Waals surface area contributed by atoms with Gasteiger partial charge in [-0.3, -0.25) is 0 Å². The summed E-state index contributed by atoms with van der Waals surface area (Å²) in [6.07, 6.45) is 8.26. The Bertz CT molecular complexity index is 330. The molecule has 16 heavy (non-hydrogen) atoms. The Labute approximate surface area is 101 Å². The standard InChI is InChI=1S/C13H19NOS/c1-2-6-13(5-1)7-3-12(15-13)9-14-11-4-8-16-10-11/h4,8,10,12,14H,1-3,5-7,9H2. The number of ether oxygens (including phenoxy) is 1. The first-order valence-corrected chi connectivity index (χ1v) is 7.25. The molecule has 0 bridgehead atoms. The molecule has 1 N–H and O–H groups in total. The fourth-order valence-electron chi connectivity index (χ4n) is 3.02. The first-order valence-electron chi connectivity index (χ1n) is 6.30. The summed E-state index contributed by atoms with van der Waals surface area (Å²) in [5.74, 6) is 0. The van der Waals surface area contributed by atoms with E-state index in [1.165, 1.54) is 44.2 Å². The van der Waals surface area contributed by atoms with Crippen LogP contribution in [0, 0.1) is 0 Å². The fourth-order valence-corrected chi connectivity index (χ4v) is 3.64. The van der Waals surface area contributed by atoms with E-state index in [0.29, 0.717) is 6.10 Å². The molecule has 0 aromatic carbocycles. The van der Waals surface area contributed by atoms with Gasteiger partial charge in [0.2, 0.25) is 0 Å². The molecule has 1 aliphatic heterocycles. The molecular formula is C13H19NOS. The lowest BCUT2D eigenvalue weighted by molar-refractivity contribution is -0.0307. The van der Waals surface area contributed by atoms with Crippen LogP contribution in [0.15, 0.2) is 16.8 Å². The summed E-state index contributed by atoms with van der Waals surface area (Å²) in [4.78, 5) is 0. The van der Waals surface area contributed by atoms with E-state index in [1.807, 2.05) is 0 Å². The van der Waals surface area contributed by atoms with E-state index in [2.05, 4.69) is 22.1 Å². The molecule has 1 unspecified atom stereocenters. The third-order valence-corrected chi connectivity index (χ3v) is 4.59. The lowest BCUT2D eigenvalue weighted by Gasteiger charge is -2.23. The predicted octanol–water partition coefficient (Wildman–Crippen LogP) is 3.65. The minimum atomic E-state index is 0.279. The second-order valence-corrected chi connectivity index (χ2v) is 5.84. The lowest BCUT2D eigenvalue weighted by Crippen LogP contribution is -2.27. The monoisotopic (exact) mass is 237 g/mol. The van der Waals surface area contributed by atoms with Crippen LogP contribution in [-0.4, -0.2) is 18.2 Å².